The van der Waals surface area contributed by atoms with Gasteiger partial charge in [0.2, 0.25) is 0 Å². The van der Waals surface area contributed by atoms with E-state index in [1.54, 1.807) is 0 Å². The highest BCUT2D eigenvalue weighted by molar-refractivity contribution is 5.95. The van der Waals surface area contributed by atoms with Gasteiger partial charge in [0.05, 0.1) is 0 Å². The van der Waals surface area contributed by atoms with Crippen molar-refractivity contribution >= 4 is 22.4 Å². The second-order valence-electron chi connectivity index (χ2n) is 6.03. The Morgan fingerprint density at radius 2 is 1.68 bits per heavy atom. The van der Waals surface area contributed by atoms with Gasteiger partial charge in [-0.15, -0.1) is 0 Å². The fraction of sp³-hybridized carbons (Fsp3) is 0.227. The summed E-state index contributed by atoms with van der Waals surface area (Å²) < 4.78 is 6.04. The molecule has 3 heteroatoms. The number of hydrogen-bond donors (Lipinski definition) is 1. The lowest BCUT2D eigenvalue weighted by molar-refractivity contribution is -0.122. The van der Waals surface area contributed by atoms with Crippen molar-refractivity contribution in [2.75, 3.05) is 5.32 Å². The molecule has 25 heavy (non-hydrogen) atoms. The van der Waals surface area contributed by atoms with Gasteiger partial charge in [0.1, 0.15) is 5.75 Å². The van der Waals surface area contributed by atoms with Gasteiger partial charge in [-0.25, -0.2) is 0 Å². The second kappa shape index (κ2) is 7.84. The number of hydrogen-bond acceptors (Lipinski definition) is 2. The average molecular weight is 333 g/mol. The van der Waals surface area contributed by atoms with Gasteiger partial charge in [-0.1, -0.05) is 62.4 Å². The summed E-state index contributed by atoms with van der Waals surface area (Å²) in [4.78, 5) is 12.6. The van der Waals surface area contributed by atoms with E-state index in [9.17, 15) is 4.79 Å². The molecule has 3 aromatic carbocycles. The van der Waals surface area contributed by atoms with Crippen LogP contribution in [0.2, 0.25) is 0 Å². The standard InChI is InChI=1S/C22H23NO2/c1-3-16-12-14-18(15-13-16)23-22(24)20(4-2)25-21-11-7-9-17-8-5-6-10-19(17)21/h5-15,20H,3-4H2,1-2H3,(H,23,24)/t20-/m1/s1. The largest absolute Gasteiger partial charge is 0.480 e. The maximum absolute atomic E-state index is 12.6. The molecule has 0 spiro atoms. The summed E-state index contributed by atoms with van der Waals surface area (Å²) >= 11 is 0. The van der Waals surface area contributed by atoms with E-state index in [0.29, 0.717) is 6.42 Å². The number of rotatable bonds is 6. The Bertz CT molecular complexity index is 850. The molecule has 0 unspecified atom stereocenters. The third-order valence-electron chi connectivity index (χ3n) is 4.31. The van der Waals surface area contributed by atoms with Crippen molar-refractivity contribution in [1.82, 2.24) is 0 Å². The van der Waals surface area contributed by atoms with Crippen LogP contribution in [0.15, 0.2) is 66.7 Å². The minimum atomic E-state index is -0.531. The predicted molar refractivity (Wildman–Crippen MR) is 103 cm³/mol. The maximum Gasteiger partial charge on any atom is 0.265 e. The fourth-order valence-corrected chi connectivity index (χ4v) is 2.82. The average Bonchev–Trinajstić information content (AvgIpc) is 2.66. The smallest absolute Gasteiger partial charge is 0.265 e. The van der Waals surface area contributed by atoms with E-state index in [-0.39, 0.29) is 5.91 Å². The normalized spacial score (nSPS) is 11.9. The van der Waals surface area contributed by atoms with Gasteiger partial charge in [0.25, 0.3) is 5.91 Å². The van der Waals surface area contributed by atoms with E-state index in [1.807, 2.05) is 73.7 Å². The number of carbonyl (C=O) groups excluding carboxylic acids is 1. The highest BCUT2D eigenvalue weighted by atomic mass is 16.5. The molecule has 0 fully saturated rings. The Labute approximate surface area is 148 Å². The summed E-state index contributed by atoms with van der Waals surface area (Å²) in [5.74, 6) is 0.612. The predicted octanol–water partition coefficient (Wildman–Crippen LogP) is 5.20. The van der Waals surface area contributed by atoms with Gasteiger partial charge in [0.15, 0.2) is 6.10 Å². The number of ether oxygens (including phenoxy) is 1. The summed E-state index contributed by atoms with van der Waals surface area (Å²) in [7, 11) is 0. The molecule has 3 aromatic rings. The van der Waals surface area contributed by atoms with Crippen LogP contribution < -0.4 is 10.1 Å². The summed E-state index contributed by atoms with van der Waals surface area (Å²) in [6, 6.07) is 21.9. The molecule has 0 aliphatic heterocycles. The van der Waals surface area contributed by atoms with Crippen LogP contribution in [0.25, 0.3) is 10.8 Å². The van der Waals surface area contributed by atoms with Crippen molar-refractivity contribution in [1.29, 1.82) is 0 Å². The zero-order valence-corrected chi connectivity index (χ0v) is 14.7. The second-order valence-corrected chi connectivity index (χ2v) is 6.03. The van der Waals surface area contributed by atoms with Crippen LogP contribution in [0.4, 0.5) is 5.69 Å². The molecule has 128 valence electrons. The molecular formula is C22H23NO2. The van der Waals surface area contributed by atoms with Crippen molar-refractivity contribution in [3.63, 3.8) is 0 Å². The Morgan fingerprint density at radius 3 is 2.40 bits per heavy atom. The van der Waals surface area contributed by atoms with E-state index < -0.39 is 6.10 Å². The Balaban J connectivity index is 1.75. The summed E-state index contributed by atoms with van der Waals surface area (Å²) in [5.41, 5.74) is 2.04. The Hall–Kier alpha value is -2.81. The van der Waals surface area contributed by atoms with Crippen molar-refractivity contribution in [3.8, 4) is 5.75 Å². The number of fused-ring (bicyclic) bond motifs is 1. The van der Waals surface area contributed by atoms with Crippen LogP contribution >= 0.6 is 0 Å². The fourth-order valence-electron chi connectivity index (χ4n) is 2.82. The molecule has 0 aliphatic rings. The zero-order chi connectivity index (χ0) is 17.6. The van der Waals surface area contributed by atoms with Crippen molar-refractivity contribution < 1.29 is 9.53 Å². The first-order valence-corrected chi connectivity index (χ1v) is 8.75. The lowest BCUT2D eigenvalue weighted by atomic mass is 10.1. The molecule has 0 saturated carbocycles. The Morgan fingerprint density at radius 1 is 0.960 bits per heavy atom. The molecule has 3 rings (SSSR count). The summed E-state index contributed by atoms with van der Waals surface area (Å²) in [5, 5.41) is 5.07. The summed E-state index contributed by atoms with van der Waals surface area (Å²) in [6.45, 7) is 4.06. The highest BCUT2D eigenvalue weighted by Crippen LogP contribution is 2.26. The molecule has 0 bridgehead atoms. The van der Waals surface area contributed by atoms with E-state index in [0.717, 1.165) is 28.6 Å². The van der Waals surface area contributed by atoms with Crippen molar-refractivity contribution in [2.24, 2.45) is 0 Å². The van der Waals surface area contributed by atoms with Gasteiger partial charge < -0.3 is 10.1 Å². The van der Waals surface area contributed by atoms with Crippen LogP contribution in [0, 0.1) is 0 Å². The van der Waals surface area contributed by atoms with Crippen LogP contribution in [0.3, 0.4) is 0 Å². The number of aryl methyl sites for hydroxylation is 1. The lowest BCUT2D eigenvalue weighted by Crippen LogP contribution is -2.32. The summed E-state index contributed by atoms with van der Waals surface area (Å²) in [6.07, 6.45) is 1.05. The number of nitrogens with one attached hydrogen (secondary N) is 1. The first-order chi connectivity index (χ1) is 12.2. The molecule has 0 saturated heterocycles. The topological polar surface area (TPSA) is 38.3 Å². The van der Waals surface area contributed by atoms with E-state index in [4.69, 9.17) is 4.74 Å². The quantitative estimate of drug-likeness (QED) is 0.673. The van der Waals surface area contributed by atoms with Gasteiger partial charge in [-0.05, 0) is 42.0 Å². The molecule has 1 atom stereocenters. The first-order valence-electron chi connectivity index (χ1n) is 8.75. The SMILES string of the molecule is CCc1ccc(NC(=O)[C@@H](CC)Oc2cccc3ccccc23)cc1. The molecule has 0 aliphatic carbocycles. The molecule has 0 aromatic heterocycles. The number of carbonyl (C=O) groups is 1. The van der Waals surface area contributed by atoms with Crippen LogP contribution in [0.1, 0.15) is 25.8 Å². The maximum atomic E-state index is 12.6. The monoisotopic (exact) mass is 333 g/mol. The Kier molecular flexibility index (Phi) is 5.34. The molecule has 1 N–H and O–H groups in total. The third-order valence-corrected chi connectivity index (χ3v) is 4.31. The molecule has 0 heterocycles. The minimum Gasteiger partial charge on any atom is -0.480 e. The molecule has 0 radical (unpaired) electrons. The van der Waals surface area contributed by atoms with Crippen LogP contribution in [-0.4, -0.2) is 12.0 Å². The minimum absolute atomic E-state index is 0.125. The number of anilines is 1. The van der Waals surface area contributed by atoms with Gasteiger partial charge in [0, 0.05) is 11.1 Å². The molecule has 1 amide bonds. The lowest BCUT2D eigenvalue weighted by Gasteiger charge is -2.18. The highest BCUT2D eigenvalue weighted by Gasteiger charge is 2.19. The van der Waals surface area contributed by atoms with Gasteiger partial charge in [-0.2, -0.15) is 0 Å². The van der Waals surface area contributed by atoms with E-state index >= 15 is 0 Å². The van der Waals surface area contributed by atoms with Crippen LogP contribution in [-0.2, 0) is 11.2 Å². The molecule has 3 nitrogen and oxygen atoms in total. The third kappa shape index (κ3) is 4.00. The van der Waals surface area contributed by atoms with Gasteiger partial charge in [-0.3, -0.25) is 4.79 Å². The molecular weight excluding hydrogens is 310 g/mol. The van der Waals surface area contributed by atoms with Gasteiger partial charge >= 0.3 is 0 Å². The van der Waals surface area contributed by atoms with Crippen LogP contribution in [0.5, 0.6) is 5.75 Å². The number of benzene rings is 3. The van der Waals surface area contributed by atoms with E-state index in [2.05, 4.69) is 12.2 Å². The zero-order valence-electron chi connectivity index (χ0n) is 14.7. The number of amides is 1. The first kappa shape index (κ1) is 17.0. The van der Waals surface area contributed by atoms with Crippen molar-refractivity contribution in [3.05, 3.63) is 72.3 Å². The van der Waals surface area contributed by atoms with Crippen molar-refractivity contribution in [2.45, 2.75) is 32.8 Å². The van der Waals surface area contributed by atoms with E-state index in [1.165, 1.54) is 5.56 Å².